The molecule has 2 unspecified atom stereocenters. The average molecular weight is 532 g/mol. The van der Waals surface area contributed by atoms with Crippen LogP contribution < -0.4 is 9.47 Å². The molecule has 198 valence electrons. The topological polar surface area (TPSA) is 27.7 Å². The van der Waals surface area contributed by atoms with Crippen LogP contribution in [0.15, 0.2) is 48.5 Å². The second-order valence-corrected chi connectivity index (χ2v) is 8.66. The summed E-state index contributed by atoms with van der Waals surface area (Å²) in [6, 6.07) is 8.16. The molecule has 1 heterocycles. The summed E-state index contributed by atoms with van der Waals surface area (Å²) in [4.78, 5) is 0. The Morgan fingerprint density at radius 2 is 1.38 bits per heavy atom. The normalized spacial score (nSPS) is 18.2. The first-order valence-electron chi connectivity index (χ1n) is 11.2. The summed E-state index contributed by atoms with van der Waals surface area (Å²) in [6.07, 6.45) is -2.89. The minimum Gasteiger partial charge on any atom is -0.429 e. The van der Waals surface area contributed by atoms with Gasteiger partial charge < -0.3 is 14.2 Å². The molecule has 0 spiro atoms. The third-order valence-electron chi connectivity index (χ3n) is 5.89. The first-order valence-corrected chi connectivity index (χ1v) is 11.2. The maximum absolute atomic E-state index is 14.6. The number of hydrogen-bond acceptors (Lipinski definition) is 3. The van der Waals surface area contributed by atoms with Crippen molar-refractivity contribution in [1.29, 1.82) is 0 Å². The number of rotatable bonds is 7. The van der Waals surface area contributed by atoms with Crippen LogP contribution in [0.2, 0.25) is 0 Å². The number of ether oxygens (including phenoxy) is 3. The smallest absolute Gasteiger partial charge is 0.427 e. The summed E-state index contributed by atoms with van der Waals surface area (Å²) in [5.41, 5.74) is -0.202. The van der Waals surface area contributed by atoms with Crippen molar-refractivity contribution in [2.24, 2.45) is 5.92 Å². The van der Waals surface area contributed by atoms with Crippen molar-refractivity contribution in [2.45, 2.75) is 38.6 Å². The molecule has 0 aromatic heterocycles. The van der Waals surface area contributed by atoms with E-state index >= 15 is 0 Å². The van der Waals surface area contributed by atoms with Gasteiger partial charge in [-0.25, -0.2) is 17.6 Å². The summed E-state index contributed by atoms with van der Waals surface area (Å²) in [5.74, 6) is -9.39. The van der Waals surface area contributed by atoms with Gasteiger partial charge in [0.1, 0.15) is 0 Å². The molecule has 4 rings (SSSR count). The van der Waals surface area contributed by atoms with Crippen LogP contribution in [0.4, 0.5) is 35.1 Å². The second kappa shape index (κ2) is 10.6. The van der Waals surface area contributed by atoms with E-state index in [1.165, 1.54) is 0 Å². The Kier molecular flexibility index (Phi) is 7.63. The third kappa shape index (κ3) is 5.98. The van der Waals surface area contributed by atoms with Gasteiger partial charge in [-0.3, -0.25) is 0 Å². The van der Waals surface area contributed by atoms with Crippen LogP contribution in [0, 0.1) is 29.2 Å². The Balaban J connectivity index is 1.55. The maximum Gasteiger partial charge on any atom is 0.427 e. The van der Waals surface area contributed by atoms with Crippen molar-refractivity contribution < 1.29 is 49.3 Å². The van der Waals surface area contributed by atoms with Crippen LogP contribution in [-0.2, 0) is 10.8 Å². The van der Waals surface area contributed by atoms with Crippen LogP contribution >= 0.6 is 0 Å². The van der Waals surface area contributed by atoms with Gasteiger partial charge >= 0.3 is 12.7 Å². The van der Waals surface area contributed by atoms with Gasteiger partial charge in [0.05, 0.1) is 11.7 Å². The van der Waals surface area contributed by atoms with Gasteiger partial charge in [0, 0.05) is 6.61 Å². The lowest BCUT2D eigenvalue weighted by atomic mass is 9.94. The summed E-state index contributed by atoms with van der Waals surface area (Å²) >= 11 is 0. The highest BCUT2D eigenvalue weighted by Gasteiger charge is 2.39. The lowest BCUT2D eigenvalue weighted by molar-refractivity contribution is -0.188. The highest BCUT2D eigenvalue weighted by atomic mass is 19.3. The van der Waals surface area contributed by atoms with Gasteiger partial charge in [-0.05, 0) is 59.7 Å². The van der Waals surface area contributed by atoms with E-state index < -0.39 is 53.1 Å². The largest absolute Gasteiger partial charge is 0.429 e. The number of benzene rings is 3. The molecule has 11 heteroatoms. The molecule has 0 aliphatic carbocycles. The first-order chi connectivity index (χ1) is 17.4. The van der Waals surface area contributed by atoms with Crippen molar-refractivity contribution in [2.75, 3.05) is 6.61 Å². The SMILES string of the molecule is CC1CCC(c2ccc(-c3cc(F)c(OC(F)(F)c4cc(F)c(OC(F)F)c(F)c4)c(F)c3)cc2)OC1. The van der Waals surface area contributed by atoms with Gasteiger partial charge in [-0.2, -0.15) is 17.6 Å². The van der Waals surface area contributed by atoms with Crippen LogP contribution in [-0.4, -0.2) is 13.2 Å². The van der Waals surface area contributed by atoms with E-state index in [-0.39, 0.29) is 23.8 Å². The maximum atomic E-state index is 14.6. The molecule has 1 saturated heterocycles. The van der Waals surface area contributed by atoms with E-state index in [0.717, 1.165) is 30.5 Å². The Labute approximate surface area is 206 Å². The molecule has 1 aliphatic heterocycles. The Bertz CT molecular complexity index is 1210. The fraction of sp³-hybridized carbons (Fsp3) is 0.308. The number of halogens is 8. The van der Waals surface area contributed by atoms with Crippen LogP contribution in [0.1, 0.15) is 37.0 Å². The van der Waals surface area contributed by atoms with E-state index in [4.69, 9.17) is 4.74 Å². The molecule has 3 nitrogen and oxygen atoms in total. The number of hydrogen-bond donors (Lipinski definition) is 0. The van der Waals surface area contributed by atoms with E-state index in [1.807, 2.05) is 0 Å². The minimum absolute atomic E-state index is 0.0287. The average Bonchev–Trinajstić information content (AvgIpc) is 2.84. The first kappa shape index (κ1) is 26.7. The Morgan fingerprint density at radius 3 is 1.89 bits per heavy atom. The van der Waals surface area contributed by atoms with Gasteiger partial charge in [0.25, 0.3) is 0 Å². The third-order valence-corrected chi connectivity index (χ3v) is 5.89. The zero-order valence-corrected chi connectivity index (χ0v) is 19.2. The molecule has 3 aromatic rings. The zero-order valence-electron chi connectivity index (χ0n) is 19.2. The predicted molar refractivity (Wildman–Crippen MR) is 116 cm³/mol. The lowest BCUT2D eigenvalue weighted by Crippen LogP contribution is -2.24. The standard InChI is InChI=1S/C26H20F8O3/c1-13-2-7-22(35-12-13)15-5-3-14(4-6-15)16-8-18(27)24(19(28)9-16)37-26(33,34)17-10-20(29)23(21(30)11-17)36-25(31)32/h3-6,8-11,13,22,25H,2,7,12H2,1H3. The molecule has 0 bridgehead atoms. The van der Waals surface area contributed by atoms with E-state index in [0.29, 0.717) is 18.1 Å². The van der Waals surface area contributed by atoms with Crippen LogP contribution in [0.3, 0.4) is 0 Å². The molecule has 0 N–H and O–H groups in total. The van der Waals surface area contributed by atoms with Crippen molar-refractivity contribution in [3.63, 3.8) is 0 Å². The molecule has 1 aliphatic rings. The summed E-state index contributed by atoms with van der Waals surface area (Å²) in [7, 11) is 0. The minimum atomic E-state index is -4.63. The van der Waals surface area contributed by atoms with Gasteiger partial charge in [-0.15, -0.1) is 0 Å². The molecule has 0 amide bonds. The Hall–Kier alpha value is -3.34. The molecular weight excluding hydrogens is 512 g/mol. The molecule has 0 radical (unpaired) electrons. The number of alkyl halides is 4. The highest BCUT2D eigenvalue weighted by Crippen LogP contribution is 2.39. The molecule has 1 fully saturated rings. The molecular formula is C26H20F8O3. The highest BCUT2D eigenvalue weighted by molar-refractivity contribution is 5.65. The summed E-state index contributed by atoms with van der Waals surface area (Å²) in [5, 5.41) is 0. The van der Waals surface area contributed by atoms with E-state index in [2.05, 4.69) is 16.4 Å². The van der Waals surface area contributed by atoms with Crippen molar-refractivity contribution >= 4 is 0 Å². The molecule has 37 heavy (non-hydrogen) atoms. The fourth-order valence-electron chi connectivity index (χ4n) is 3.98. The van der Waals surface area contributed by atoms with Crippen molar-refractivity contribution in [3.05, 3.63) is 82.9 Å². The lowest BCUT2D eigenvalue weighted by Gasteiger charge is -2.27. The van der Waals surface area contributed by atoms with E-state index in [1.54, 1.807) is 24.3 Å². The van der Waals surface area contributed by atoms with Gasteiger partial charge in [-0.1, -0.05) is 31.2 Å². The molecule has 0 saturated carbocycles. The Morgan fingerprint density at radius 1 is 0.811 bits per heavy atom. The predicted octanol–water partition coefficient (Wildman–Crippen LogP) is 8.13. The fourth-order valence-corrected chi connectivity index (χ4v) is 3.98. The van der Waals surface area contributed by atoms with Crippen molar-refractivity contribution in [1.82, 2.24) is 0 Å². The summed E-state index contributed by atoms with van der Waals surface area (Å²) < 4.78 is 124. The molecule has 3 aromatic carbocycles. The van der Waals surface area contributed by atoms with E-state index in [9.17, 15) is 35.1 Å². The van der Waals surface area contributed by atoms with Gasteiger partial charge in [0.2, 0.25) is 0 Å². The summed E-state index contributed by atoms with van der Waals surface area (Å²) in [6.45, 7) is -0.903. The quantitative estimate of drug-likeness (QED) is 0.288. The van der Waals surface area contributed by atoms with Gasteiger partial charge in [0.15, 0.2) is 34.8 Å². The van der Waals surface area contributed by atoms with Crippen LogP contribution in [0.5, 0.6) is 11.5 Å². The molecule has 2 atom stereocenters. The second-order valence-electron chi connectivity index (χ2n) is 8.66. The van der Waals surface area contributed by atoms with Crippen LogP contribution in [0.25, 0.3) is 11.1 Å². The van der Waals surface area contributed by atoms with Crippen molar-refractivity contribution in [3.8, 4) is 22.6 Å². The zero-order chi connectivity index (χ0) is 26.9. The monoisotopic (exact) mass is 532 g/mol.